The highest BCUT2D eigenvalue weighted by Gasteiger charge is 2.53. The Hall–Kier alpha value is -3.07. The first kappa shape index (κ1) is 16.4. The Morgan fingerprint density at radius 1 is 1.27 bits per heavy atom. The molecular formula is C20H19N3O3. The molecule has 1 aromatic heterocycles. The van der Waals surface area contributed by atoms with E-state index in [9.17, 15) is 10.1 Å². The molecule has 0 saturated carbocycles. The summed E-state index contributed by atoms with van der Waals surface area (Å²) in [6, 6.07) is 11.1. The van der Waals surface area contributed by atoms with E-state index in [1.807, 2.05) is 6.07 Å². The third-order valence-corrected chi connectivity index (χ3v) is 4.97. The van der Waals surface area contributed by atoms with Crippen molar-refractivity contribution >= 4 is 11.7 Å². The highest BCUT2D eigenvalue weighted by atomic mass is 16.7. The van der Waals surface area contributed by atoms with Crippen molar-refractivity contribution in [2.75, 3.05) is 18.2 Å². The van der Waals surface area contributed by atoms with E-state index in [1.54, 1.807) is 35.4 Å². The Labute approximate surface area is 152 Å². The van der Waals surface area contributed by atoms with Gasteiger partial charge in [-0.3, -0.25) is 9.69 Å². The van der Waals surface area contributed by atoms with E-state index in [0.29, 0.717) is 35.0 Å². The van der Waals surface area contributed by atoms with E-state index >= 15 is 0 Å². The van der Waals surface area contributed by atoms with E-state index in [2.05, 4.69) is 18.0 Å². The number of hydrogen-bond acceptors (Lipinski definition) is 5. The van der Waals surface area contributed by atoms with E-state index in [-0.39, 0.29) is 12.7 Å². The van der Waals surface area contributed by atoms with Gasteiger partial charge in [-0.15, -0.1) is 0 Å². The second-order valence-electron chi connectivity index (χ2n) is 6.47. The molecule has 1 amide bonds. The summed E-state index contributed by atoms with van der Waals surface area (Å²) in [5, 5.41) is 10.1. The molecular weight excluding hydrogens is 330 g/mol. The lowest BCUT2D eigenvalue weighted by Crippen LogP contribution is -2.40. The van der Waals surface area contributed by atoms with Crippen LogP contribution >= 0.6 is 0 Å². The van der Waals surface area contributed by atoms with Gasteiger partial charge < -0.3 is 9.47 Å². The number of nitrogens with zero attached hydrogens (tertiary/aromatic N) is 3. The monoisotopic (exact) mass is 349 g/mol. The van der Waals surface area contributed by atoms with Gasteiger partial charge in [0, 0.05) is 18.3 Å². The maximum atomic E-state index is 13.4. The number of fused-ring (bicyclic) bond motifs is 2. The van der Waals surface area contributed by atoms with Crippen LogP contribution in [0.25, 0.3) is 0 Å². The van der Waals surface area contributed by atoms with Gasteiger partial charge in [-0.2, -0.15) is 5.26 Å². The van der Waals surface area contributed by atoms with E-state index < -0.39 is 5.41 Å². The maximum absolute atomic E-state index is 13.4. The summed E-state index contributed by atoms with van der Waals surface area (Å²) < 4.78 is 10.8. The van der Waals surface area contributed by atoms with Crippen LogP contribution in [-0.2, 0) is 10.2 Å². The van der Waals surface area contributed by atoms with Crippen LogP contribution in [0, 0.1) is 11.3 Å². The fourth-order valence-corrected chi connectivity index (χ4v) is 3.63. The lowest BCUT2D eigenvalue weighted by atomic mass is 9.77. The van der Waals surface area contributed by atoms with Crippen LogP contribution in [0.4, 0.5) is 5.82 Å². The van der Waals surface area contributed by atoms with Crippen molar-refractivity contribution in [2.45, 2.75) is 31.6 Å². The molecule has 3 heterocycles. The van der Waals surface area contributed by atoms with Crippen LogP contribution in [0.15, 0.2) is 36.5 Å². The molecule has 0 saturated heterocycles. The van der Waals surface area contributed by atoms with Crippen molar-refractivity contribution in [3.05, 3.63) is 47.7 Å². The second-order valence-corrected chi connectivity index (χ2v) is 6.47. The number of benzene rings is 1. The predicted octanol–water partition coefficient (Wildman–Crippen LogP) is 3.16. The third kappa shape index (κ3) is 2.24. The fourth-order valence-electron chi connectivity index (χ4n) is 3.63. The van der Waals surface area contributed by atoms with Crippen molar-refractivity contribution in [1.82, 2.24) is 4.98 Å². The molecule has 0 bridgehead atoms. The standard InChI is InChI=1S/C20H19N3O3/c1-2-3-4-10-23-18-15(6-5-9-22-18)20(12-21,19(23)24)14-7-8-16-17(11-14)26-13-25-16/h5-9,11H,2-4,10,13H2,1H3. The molecule has 1 aromatic carbocycles. The quantitative estimate of drug-likeness (QED) is 0.775. The maximum Gasteiger partial charge on any atom is 0.257 e. The molecule has 2 aromatic rings. The molecule has 2 aliphatic heterocycles. The van der Waals surface area contributed by atoms with Gasteiger partial charge in [0.2, 0.25) is 6.79 Å². The Bertz CT molecular complexity index is 905. The number of aromatic nitrogens is 1. The number of pyridine rings is 1. The molecule has 0 fully saturated rings. The molecule has 6 nitrogen and oxygen atoms in total. The second kappa shape index (κ2) is 6.34. The summed E-state index contributed by atoms with van der Waals surface area (Å²) in [5.41, 5.74) is -0.194. The number of nitriles is 1. The third-order valence-electron chi connectivity index (χ3n) is 4.97. The lowest BCUT2D eigenvalue weighted by Gasteiger charge is -2.22. The van der Waals surface area contributed by atoms with Crippen LogP contribution in [-0.4, -0.2) is 24.2 Å². The zero-order chi connectivity index (χ0) is 18.1. The molecule has 0 N–H and O–H groups in total. The number of anilines is 1. The number of carbonyl (C=O) groups is 1. The van der Waals surface area contributed by atoms with Gasteiger partial charge in [0.15, 0.2) is 16.9 Å². The summed E-state index contributed by atoms with van der Waals surface area (Å²) in [7, 11) is 0. The zero-order valence-electron chi connectivity index (χ0n) is 14.6. The van der Waals surface area contributed by atoms with Crippen molar-refractivity contribution in [3.8, 4) is 17.6 Å². The van der Waals surface area contributed by atoms with Gasteiger partial charge in [0.1, 0.15) is 5.82 Å². The zero-order valence-corrected chi connectivity index (χ0v) is 14.6. The van der Waals surface area contributed by atoms with Crippen molar-refractivity contribution < 1.29 is 14.3 Å². The number of carbonyl (C=O) groups excluding carboxylic acids is 1. The largest absolute Gasteiger partial charge is 0.454 e. The van der Waals surface area contributed by atoms with Crippen molar-refractivity contribution in [3.63, 3.8) is 0 Å². The van der Waals surface area contributed by atoms with Crippen LogP contribution in [0.3, 0.4) is 0 Å². The van der Waals surface area contributed by atoms with Gasteiger partial charge in [0.25, 0.3) is 5.91 Å². The van der Waals surface area contributed by atoms with Gasteiger partial charge in [-0.05, 0) is 30.2 Å². The highest BCUT2D eigenvalue weighted by molar-refractivity contribution is 6.11. The Morgan fingerprint density at radius 3 is 2.92 bits per heavy atom. The summed E-state index contributed by atoms with van der Waals surface area (Å²) in [6.07, 6.45) is 4.62. The average Bonchev–Trinajstić information content (AvgIpc) is 3.23. The number of hydrogen-bond donors (Lipinski definition) is 0. The highest BCUT2D eigenvalue weighted by Crippen LogP contribution is 2.47. The van der Waals surface area contributed by atoms with Gasteiger partial charge in [0.05, 0.1) is 6.07 Å². The Kier molecular flexibility index (Phi) is 4.00. The lowest BCUT2D eigenvalue weighted by molar-refractivity contribution is -0.120. The molecule has 0 aliphatic carbocycles. The predicted molar refractivity (Wildman–Crippen MR) is 95.1 cm³/mol. The SMILES string of the molecule is CCCCCN1C(=O)C(C#N)(c2ccc3c(c2)OCO3)c2cccnc21. The minimum absolute atomic E-state index is 0.146. The smallest absolute Gasteiger partial charge is 0.257 e. The number of ether oxygens (including phenoxy) is 2. The van der Waals surface area contributed by atoms with Crippen LogP contribution in [0.5, 0.6) is 11.5 Å². The molecule has 0 spiro atoms. The van der Waals surface area contributed by atoms with E-state index in [0.717, 1.165) is 19.3 Å². The molecule has 26 heavy (non-hydrogen) atoms. The molecule has 1 atom stereocenters. The van der Waals surface area contributed by atoms with E-state index in [1.165, 1.54) is 0 Å². The van der Waals surface area contributed by atoms with Crippen LogP contribution in [0.1, 0.15) is 37.3 Å². The first-order valence-corrected chi connectivity index (χ1v) is 8.81. The minimum Gasteiger partial charge on any atom is -0.454 e. The topological polar surface area (TPSA) is 75.5 Å². The van der Waals surface area contributed by atoms with Crippen LogP contribution in [0.2, 0.25) is 0 Å². The fraction of sp³-hybridized carbons (Fsp3) is 0.350. The normalized spacial score (nSPS) is 20.2. The van der Waals surface area contributed by atoms with Gasteiger partial charge in [-0.25, -0.2) is 4.98 Å². The number of amides is 1. The van der Waals surface area contributed by atoms with Crippen LogP contribution < -0.4 is 14.4 Å². The average molecular weight is 349 g/mol. The summed E-state index contributed by atoms with van der Waals surface area (Å²) in [5.74, 6) is 1.51. The first-order valence-electron chi connectivity index (χ1n) is 8.81. The Balaban J connectivity index is 1.83. The number of unbranched alkanes of at least 4 members (excludes halogenated alkanes) is 2. The summed E-state index contributed by atoms with van der Waals surface area (Å²) >= 11 is 0. The molecule has 1 unspecified atom stereocenters. The van der Waals surface area contributed by atoms with Crippen molar-refractivity contribution in [1.29, 1.82) is 5.26 Å². The molecule has 4 rings (SSSR count). The summed E-state index contributed by atoms with van der Waals surface area (Å²) in [6.45, 7) is 2.82. The molecule has 0 radical (unpaired) electrons. The molecule has 132 valence electrons. The van der Waals surface area contributed by atoms with E-state index in [4.69, 9.17) is 9.47 Å². The number of rotatable bonds is 5. The van der Waals surface area contributed by atoms with Gasteiger partial charge >= 0.3 is 0 Å². The van der Waals surface area contributed by atoms with Gasteiger partial charge in [-0.1, -0.05) is 31.9 Å². The van der Waals surface area contributed by atoms with Crippen molar-refractivity contribution in [2.24, 2.45) is 0 Å². The first-order chi connectivity index (χ1) is 12.7. The molecule has 2 aliphatic rings. The summed E-state index contributed by atoms with van der Waals surface area (Å²) in [4.78, 5) is 19.5. The Morgan fingerprint density at radius 2 is 2.12 bits per heavy atom. The minimum atomic E-state index is -1.41. The molecule has 6 heteroatoms.